The third-order valence-corrected chi connectivity index (χ3v) is 5.80. The number of carbonyl (C=O) groups is 2. The van der Waals surface area contributed by atoms with Crippen molar-refractivity contribution in [3.63, 3.8) is 0 Å². The van der Waals surface area contributed by atoms with E-state index in [0.717, 1.165) is 5.76 Å². The number of furan rings is 1. The van der Waals surface area contributed by atoms with Crippen LogP contribution in [0.2, 0.25) is 0 Å². The molecule has 0 unspecified atom stereocenters. The largest absolute Gasteiger partial charge is 0.467 e. The van der Waals surface area contributed by atoms with Gasteiger partial charge in [-0.25, -0.2) is 14.8 Å². The molecule has 0 radical (unpaired) electrons. The Morgan fingerprint density at radius 2 is 2.00 bits per heavy atom. The number of piperidine rings is 1. The summed E-state index contributed by atoms with van der Waals surface area (Å²) in [5, 5.41) is 9.47. The molecule has 3 rings (SSSR count). The molecule has 2 aromatic heterocycles. The Labute approximate surface area is 231 Å². The molecule has 1 saturated heterocycles. The average molecular weight is 560 g/mol. The number of halogens is 2. The summed E-state index contributed by atoms with van der Waals surface area (Å²) in [5.41, 5.74) is 0.133. The molecule has 2 aromatic rings. The summed E-state index contributed by atoms with van der Waals surface area (Å²) in [6.45, 7) is 12.5. The second-order valence-electron chi connectivity index (χ2n) is 10.4. The topological polar surface area (TPSA) is 122 Å². The number of ether oxygens (including phenoxy) is 1. The van der Waals surface area contributed by atoms with E-state index < -0.39 is 6.09 Å². The lowest BCUT2D eigenvalue weighted by Gasteiger charge is -2.39. The lowest BCUT2D eigenvalue weighted by atomic mass is 9.95. The van der Waals surface area contributed by atoms with Gasteiger partial charge in [-0.2, -0.15) is 0 Å². The highest BCUT2D eigenvalue weighted by Gasteiger charge is 2.33. The Balaban J connectivity index is 0.00000342. The van der Waals surface area contributed by atoms with Crippen molar-refractivity contribution in [2.45, 2.75) is 65.1 Å². The number of anilines is 1. The first-order valence-electron chi connectivity index (χ1n) is 12.1. The molecule has 0 spiro atoms. The normalized spacial score (nSPS) is 17.3. The first-order valence-corrected chi connectivity index (χ1v) is 12.1. The fraction of sp³-hybridized carbons (Fsp3) is 0.600. The molecule has 3 N–H and O–H groups in total. The zero-order chi connectivity index (χ0) is 25.6. The van der Waals surface area contributed by atoms with Gasteiger partial charge in [-0.3, -0.25) is 4.79 Å². The second kappa shape index (κ2) is 14.4. The number of hydrogen-bond donors (Lipinski definition) is 3. The van der Waals surface area contributed by atoms with Crippen molar-refractivity contribution in [2.24, 2.45) is 5.92 Å². The van der Waals surface area contributed by atoms with E-state index in [1.807, 2.05) is 37.8 Å². The Morgan fingerprint density at radius 1 is 1.27 bits per heavy atom. The minimum atomic E-state index is -0.477. The minimum absolute atomic E-state index is 0. The Hall–Kier alpha value is -2.56. The number of aromatic nitrogens is 2. The van der Waals surface area contributed by atoms with E-state index in [4.69, 9.17) is 14.1 Å². The van der Waals surface area contributed by atoms with E-state index in [9.17, 15) is 9.59 Å². The second-order valence-corrected chi connectivity index (χ2v) is 10.4. The van der Waals surface area contributed by atoms with Gasteiger partial charge in [0.15, 0.2) is 0 Å². The van der Waals surface area contributed by atoms with E-state index >= 15 is 0 Å². The van der Waals surface area contributed by atoms with Gasteiger partial charge in [0, 0.05) is 43.3 Å². The summed E-state index contributed by atoms with van der Waals surface area (Å²) in [7, 11) is 1.34. The summed E-state index contributed by atoms with van der Waals surface area (Å²) < 4.78 is 10.2. The van der Waals surface area contributed by atoms with Crippen LogP contribution in [0.15, 0.2) is 29.0 Å². The molecule has 1 aliphatic heterocycles. The van der Waals surface area contributed by atoms with Crippen molar-refractivity contribution in [3.05, 3.63) is 41.7 Å². The molecule has 37 heavy (non-hydrogen) atoms. The fourth-order valence-corrected chi connectivity index (χ4v) is 4.06. The number of methoxy groups -OCH3 is 1. The average Bonchev–Trinajstić information content (AvgIpc) is 3.33. The molecule has 2 atom stereocenters. The summed E-state index contributed by atoms with van der Waals surface area (Å²) in [4.78, 5) is 36.8. The molecule has 12 heteroatoms. The molecular formula is C25H40Cl2N6O4. The number of alkyl carbamates (subject to hydrolysis) is 1. The van der Waals surface area contributed by atoms with Crippen LogP contribution in [0.3, 0.4) is 0 Å². The molecule has 208 valence electrons. The zero-order valence-corrected chi connectivity index (χ0v) is 24.0. The smallest absolute Gasteiger partial charge is 0.407 e. The molecular weight excluding hydrogens is 519 g/mol. The molecule has 3 heterocycles. The van der Waals surface area contributed by atoms with E-state index in [2.05, 4.69) is 34.8 Å². The third-order valence-electron chi connectivity index (χ3n) is 5.80. The number of nitrogens with one attached hydrogen (secondary N) is 3. The van der Waals surface area contributed by atoms with Crippen LogP contribution in [0.4, 0.5) is 10.6 Å². The van der Waals surface area contributed by atoms with Crippen LogP contribution in [0.25, 0.3) is 0 Å². The molecule has 2 amide bonds. The van der Waals surface area contributed by atoms with E-state index in [1.54, 1.807) is 12.5 Å². The number of amides is 2. The van der Waals surface area contributed by atoms with Crippen LogP contribution >= 0.6 is 24.8 Å². The summed E-state index contributed by atoms with van der Waals surface area (Å²) in [6.07, 6.45) is 3.38. The monoisotopic (exact) mass is 558 g/mol. The molecule has 0 bridgehead atoms. The van der Waals surface area contributed by atoms with Crippen molar-refractivity contribution in [3.8, 4) is 0 Å². The van der Waals surface area contributed by atoms with Crippen LogP contribution in [0.5, 0.6) is 0 Å². The number of nitrogens with zero attached hydrogens (tertiary/aromatic N) is 3. The van der Waals surface area contributed by atoms with Gasteiger partial charge in [-0.05, 0) is 24.5 Å². The van der Waals surface area contributed by atoms with Crippen LogP contribution < -0.4 is 16.0 Å². The van der Waals surface area contributed by atoms with Gasteiger partial charge >= 0.3 is 6.09 Å². The van der Waals surface area contributed by atoms with Crippen molar-refractivity contribution in [2.75, 3.05) is 32.1 Å². The zero-order valence-electron chi connectivity index (χ0n) is 22.4. The Kier molecular flexibility index (Phi) is 12.6. The predicted octanol–water partition coefficient (Wildman–Crippen LogP) is 4.01. The molecule has 0 saturated carbocycles. The SMILES string of the molecule is COC(=O)N[C@H]1CNC[C@@H](N(CC(C)C)C(=O)c2cnc(C(C)(C)C)nc2NCc2ccco2)C1.Cl.Cl. The molecule has 0 aliphatic carbocycles. The fourth-order valence-electron chi connectivity index (χ4n) is 4.06. The number of rotatable bonds is 8. The van der Waals surface area contributed by atoms with Crippen LogP contribution in [0.1, 0.15) is 63.0 Å². The van der Waals surface area contributed by atoms with Crippen molar-refractivity contribution >= 4 is 42.6 Å². The van der Waals surface area contributed by atoms with Crippen molar-refractivity contribution < 1.29 is 18.7 Å². The number of hydrogen-bond acceptors (Lipinski definition) is 8. The van der Waals surface area contributed by atoms with E-state index in [-0.39, 0.29) is 54.1 Å². The predicted molar refractivity (Wildman–Crippen MR) is 148 cm³/mol. The van der Waals surface area contributed by atoms with Crippen LogP contribution in [-0.4, -0.2) is 65.7 Å². The summed E-state index contributed by atoms with van der Waals surface area (Å²) in [6, 6.07) is 3.44. The molecule has 0 aromatic carbocycles. The van der Waals surface area contributed by atoms with Gasteiger partial charge in [0.2, 0.25) is 0 Å². The number of carbonyl (C=O) groups excluding carboxylic acids is 2. The van der Waals surface area contributed by atoms with Crippen molar-refractivity contribution in [1.82, 2.24) is 25.5 Å². The highest BCUT2D eigenvalue weighted by Crippen LogP contribution is 2.25. The van der Waals surface area contributed by atoms with E-state index in [0.29, 0.717) is 49.8 Å². The maximum Gasteiger partial charge on any atom is 0.407 e. The summed E-state index contributed by atoms with van der Waals surface area (Å²) in [5.74, 6) is 1.97. The molecule has 1 aliphatic rings. The van der Waals surface area contributed by atoms with Crippen molar-refractivity contribution in [1.29, 1.82) is 0 Å². The lowest BCUT2D eigenvalue weighted by Crippen LogP contribution is -2.57. The van der Waals surface area contributed by atoms with Gasteiger partial charge < -0.3 is 30.0 Å². The standard InChI is InChI=1S/C25H38N6O4.2ClH/c1-16(2)15-31(18-10-17(11-26-12-18)29-24(33)34-6)22(32)20-14-28-23(25(3,4)5)30-21(20)27-13-19-8-7-9-35-19;;/h7-9,14,16-18,26H,10-13,15H2,1-6H3,(H,29,33)(H,27,28,30);2*1H/t17-,18+;;/m1../s1. The third kappa shape index (κ3) is 9.05. The highest BCUT2D eigenvalue weighted by molar-refractivity contribution is 5.98. The van der Waals surface area contributed by atoms with Gasteiger partial charge in [0.25, 0.3) is 5.91 Å². The van der Waals surface area contributed by atoms with Crippen LogP contribution in [0, 0.1) is 5.92 Å². The highest BCUT2D eigenvalue weighted by atomic mass is 35.5. The first-order chi connectivity index (χ1) is 16.6. The molecule has 10 nitrogen and oxygen atoms in total. The van der Waals surface area contributed by atoms with Gasteiger partial charge in [-0.1, -0.05) is 34.6 Å². The quantitative estimate of drug-likeness (QED) is 0.444. The maximum absolute atomic E-state index is 14.0. The minimum Gasteiger partial charge on any atom is -0.467 e. The van der Waals surface area contributed by atoms with Gasteiger partial charge in [0.1, 0.15) is 23.0 Å². The Bertz CT molecular complexity index is 998. The maximum atomic E-state index is 14.0. The lowest BCUT2D eigenvalue weighted by molar-refractivity contribution is 0.0602. The Morgan fingerprint density at radius 3 is 2.59 bits per heavy atom. The van der Waals surface area contributed by atoms with E-state index in [1.165, 1.54) is 7.11 Å². The van der Waals surface area contributed by atoms with Gasteiger partial charge in [0.05, 0.1) is 19.9 Å². The van der Waals surface area contributed by atoms with Crippen LogP contribution in [-0.2, 0) is 16.7 Å². The van der Waals surface area contributed by atoms with Gasteiger partial charge in [-0.15, -0.1) is 24.8 Å². The summed E-state index contributed by atoms with van der Waals surface area (Å²) >= 11 is 0. The molecule has 1 fully saturated rings. The first kappa shape index (κ1) is 32.5.